The summed E-state index contributed by atoms with van der Waals surface area (Å²) in [6, 6.07) is 7.29. The van der Waals surface area contributed by atoms with E-state index in [0.29, 0.717) is 48.5 Å². The molecule has 4 rings (SSSR count). The van der Waals surface area contributed by atoms with Crippen LogP contribution in [0.2, 0.25) is 4.34 Å². The Morgan fingerprint density at radius 1 is 1.12 bits per heavy atom. The zero-order chi connectivity index (χ0) is 24.6. The van der Waals surface area contributed by atoms with E-state index in [2.05, 4.69) is 26.0 Å². The van der Waals surface area contributed by atoms with E-state index in [9.17, 15) is 13.2 Å². The lowest BCUT2D eigenvalue weighted by Gasteiger charge is -2.33. The van der Waals surface area contributed by atoms with Crippen molar-refractivity contribution in [2.24, 2.45) is 5.92 Å². The zero-order valence-electron chi connectivity index (χ0n) is 19.7. The van der Waals surface area contributed by atoms with Crippen molar-refractivity contribution in [2.45, 2.75) is 30.9 Å². The molecule has 1 amide bonds. The van der Waals surface area contributed by atoms with Crippen LogP contribution in [0.1, 0.15) is 24.0 Å². The summed E-state index contributed by atoms with van der Waals surface area (Å²) in [7, 11) is 0.377. The monoisotopic (exact) mass is 540 g/mol. The van der Waals surface area contributed by atoms with Crippen molar-refractivity contribution in [3.63, 3.8) is 0 Å². The topological polar surface area (TPSA) is 73.8 Å². The first-order valence-electron chi connectivity index (χ1n) is 11.2. The molecule has 1 aromatic carbocycles. The molecule has 2 aromatic heterocycles. The Balaban J connectivity index is 1.53. The molecule has 11 heteroatoms. The van der Waals surface area contributed by atoms with E-state index in [0.717, 1.165) is 27.1 Å². The number of carbonyl (C=O) groups excluding carboxylic acids is 1. The number of hydrogen-bond acceptors (Lipinski definition) is 7. The fourth-order valence-corrected chi connectivity index (χ4v) is 8.22. The fraction of sp³-hybridized carbons (Fsp3) is 0.478. The molecule has 0 atom stereocenters. The Labute approximate surface area is 214 Å². The average molecular weight is 541 g/mol. The maximum absolute atomic E-state index is 13.7. The molecule has 1 fully saturated rings. The van der Waals surface area contributed by atoms with Gasteiger partial charge in [-0.2, -0.15) is 4.31 Å². The third kappa shape index (κ3) is 5.17. The van der Waals surface area contributed by atoms with Crippen LogP contribution in [0.4, 0.5) is 5.13 Å². The van der Waals surface area contributed by atoms with E-state index >= 15 is 0 Å². The summed E-state index contributed by atoms with van der Waals surface area (Å²) in [4.78, 5) is 22.4. The molecule has 0 bridgehead atoms. The number of sulfonamides is 1. The first-order valence-corrected chi connectivity index (χ1v) is 14.6. The number of anilines is 1. The number of benzene rings is 1. The highest BCUT2D eigenvalue weighted by molar-refractivity contribution is 7.91. The Bertz CT molecular complexity index is 1290. The predicted molar refractivity (Wildman–Crippen MR) is 141 cm³/mol. The number of amides is 1. The zero-order valence-corrected chi connectivity index (χ0v) is 23.0. The van der Waals surface area contributed by atoms with Gasteiger partial charge in [0, 0.05) is 32.1 Å². The SMILES string of the molecule is Cc1ccc2sc(N(CCN(C)C)C(=O)C3CCN(S(=O)(=O)c4ccc(Cl)s4)CC3)nc2c1C. The summed E-state index contributed by atoms with van der Waals surface area (Å²) >= 11 is 8.53. The molecule has 0 N–H and O–H groups in total. The molecule has 3 heterocycles. The third-order valence-corrected chi connectivity index (χ3v) is 10.9. The molecule has 0 radical (unpaired) electrons. The van der Waals surface area contributed by atoms with Crippen LogP contribution in [0.5, 0.6) is 0 Å². The number of nitrogens with zero attached hydrogens (tertiary/aromatic N) is 4. The maximum Gasteiger partial charge on any atom is 0.252 e. The number of aromatic nitrogens is 1. The van der Waals surface area contributed by atoms with Gasteiger partial charge in [-0.3, -0.25) is 9.69 Å². The normalized spacial score (nSPS) is 15.9. The van der Waals surface area contributed by atoms with Crippen molar-refractivity contribution in [1.29, 1.82) is 0 Å². The van der Waals surface area contributed by atoms with Gasteiger partial charge in [-0.25, -0.2) is 13.4 Å². The Kier molecular flexibility index (Phi) is 7.66. The van der Waals surface area contributed by atoms with Crippen LogP contribution >= 0.6 is 34.3 Å². The Morgan fingerprint density at radius 3 is 2.44 bits per heavy atom. The van der Waals surface area contributed by atoms with Crippen molar-refractivity contribution in [3.05, 3.63) is 39.7 Å². The molecule has 1 aliphatic heterocycles. The van der Waals surface area contributed by atoms with Crippen LogP contribution in [0, 0.1) is 19.8 Å². The number of piperidine rings is 1. The van der Waals surface area contributed by atoms with Crippen LogP contribution in [0.15, 0.2) is 28.5 Å². The molecule has 1 aliphatic rings. The highest BCUT2D eigenvalue weighted by Crippen LogP contribution is 2.35. The van der Waals surface area contributed by atoms with Crippen molar-refractivity contribution in [3.8, 4) is 0 Å². The van der Waals surface area contributed by atoms with Crippen LogP contribution in [-0.2, 0) is 14.8 Å². The van der Waals surface area contributed by atoms with Crippen molar-refractivity contribution in [2.75, 3.05) is 45.2 Å². The number of thiophene rings is 1. The molecular weight excluding hydrogens is 512 g/mol. The number of likely N-dealkylation sites (N-methyl/N-ethyl adjacent to an activating group) is 1. The van der Waals surface area contributed by atoms with Gasteiger partial charge in [0.1, 0.15) is 4.21 Å². The van der Waals surface area contributed by atoms with E-state index in [-0.39, 0.29) is 16.0 Å². The van der Waals surface area contributed by atoms with Gasteiger partial charge in [-0.15, -0.1) is 11.3 Å². The van der Waals surface area contributed by atoms with E-state index in [4.69, 9.17) is 16.6 Å². The van der Waals surface area contributed by atoms with Gasteiger partial charge in [0.25, 0.3) is 10.0 Å². The second kappa shape index (κ2) is 10.2. The van der Waals surface area contributed by atoms with E-state index in [1.165, 1.54) is 21.2 Å². The number of rotatable bonds is 7. The van der Waals surface area contributed by atoms with Crippen LogP contribution in [0.3, 0.4) is 0 Å². The predicted octanol–water partition coefficient (Wildman–Crippen LogP) is 4.62. The van der Waals surface area contributed by atoms with Gasteiger partial charge in [0.15, 0.2) is 5.13 Å². The fourth-order valence-electron chi connectivity index (χ4n) is 4.06. The Hall–Kier alpha value is -1.56. The summed E-state index contributed by atoms with van der Waals surface area (Å²) in [5, 5.41) is 0.707. The van der Waals surface area contributed by atoms with Crippen molar-refractivity contribution in [1.82, 2.24) is 14.2 Å². The summed E-state index contributed by atoms with van der Waals surface area (Å²) in [6.45, 7) is 6.00. The van der Waals surface area contributed by atoms with Crippen LogP contribution < -0.4 is 4.90 Å². The summed E-state index contributed by atoms with van der Waals surface area (Å²) in [5.74, 6) is -0.220. The average Bonchev–Trinajstić information content (AvgIpc) is 3.43. The van der Waals surface area contributed by atoms with Gasteiger partial charge in [0.05, 0.1) is 14.6 Å². The first kappa shape index (κ1) is 25.5. The minimum atomic E-state index is -3.58. The molecule has 3 aromatic rings. The number of aryl methyl sites for hydroxylation is 2. The molecule has 184 valence electrons. The van der Waals surface area contributed by atoms with E-state index in [1.807, 2.05) is 19.0 Å². The van der Waals surface area contributed by atoms with Crippen LogP contribution in [-0.4, -0.2) is 68.8 Å². The number of hydrogen-bond donors (Lipinski definition) is 0. The molecule has 7 nitrogen and oxygen atoms in total. The highest BCUT2D eigenvalue weighted by atomic mass is 35.5. The van der Waals surface area contributed by atoms with Crippen molar-refractivity contribution < 1.29 is 13.2 Å². The lowest BCUT2D eigenvalue weighted by Crippen LogP contribution is -2.45. The summed E-state index contributed by atoms with van der Waals surface area (Å²) < 4.78 is 29.1. The lowest BCUT2D eigenvalue weighted by molar-refractivity contribution is -0.123. The van der Waals surface area contributed by atoms with Crippen molar-refractivity contribution >= 4 is 65.6 Å². The molecule has 1 saturated heterocycles. The molecule has 0 aliphatic carbocycles. The smallest absolute Gasteiger partial charge is 0.252 e. The maximum atomic E-state index is 13.7. The third-order valence-electron chi connectivity index (χ3n) is 6.29. The van der Waals surface area contributed by atoms with Crippen LogP contribution in [0.25, 0.3) is 10.2 Å². The minimum absolute atomic E-state index is 0.0199. The quantitative estimate of drug-likeness (QED) is 0.437. The largest absolute Gasteiger partial charge is 0.308 e. The van der Waals surface area contributed by atoms with Gasteiger partial charge >= 0.3 is 0 Å². The highest BCUT2D eigenvalue weighted by Gasteiger charge is 2.35. The second-order valence-electron chi connectivity index (χ2n) is 8.88. The van der Waals surface area contributed by atoms with E-state index in [1.54, 1.807) is 17.0 Å². The van der Waals surface area contributed by atoms with Gasteiger partial charge in [-0.1, -0.05) is 29.0 Å². The minimum Gasteiger partial charge on any atom is -0.308 e. The summed E-state index contributed by atoms with van der Waals surface area (Å²) in [5.41, 5.74) is 3.25. The molecular formula is C23H29ClN4O3S3. The summed E-state index contributed by atoms with van der Waals surface area (Å²) in [6.07, 6.45) is 0.970. The Morgan fingerprint density at radius 2 is 1.82 bits per heavy atom. The second-order valence-corrected chi connectivity index (χ2v) is 13.8. The first-order chi connectivity index (χ1) is 16.1. The molecule has 0 spiro atoms. The lowest BCUT2D eigenvalue weighted by atomic mass is 9.96. The number of fused-ring (bicyclic) bond motifs is 1. The van der Waals surface area contributed by atoms with E-state index < -0.39 is 10.0 Å². The standard InChI is InChI=1S/C23H29ClN4O3S3/c1-15-5-6-18-21(16(15)2)25-23(32-18)28(14-13-26(3)4)22(29)17-9-11-27(12-10-17)34(30,31)20-8-7-19(24)33-20/h5-8,17H,9-14H2,1-4H3. The molecule has 34 heavy (non-hydrogen) atoms. The number of thiazole rings is 1. The van der Waals surface area contributed by atoms with Gasteiger partial charge in [-0.05, 0) is 70.1 Å². The molecule has 0 saturated carbocycles. The molecule has 0 unspecified atom stereocenters. The number of carbonyl (C=O) groups is 1. The van der Waals surface area contributed by atoms with Gasteiger partial charge < -0.3 is 4.90 Å². The van der Waals surface area contributed by atoms with Gasteiger partial charge in [0.2, 0.25) is 5.91 Å². The number of halogens is 1.